The summed E-state index contributed by atoms with van der Waals surface area (Å²) in [4.78, 5) is 11.2. The molecule has 6 nitrogen and oxygen atoms in total. The van der Waals surface area contributed by atoms with Crippen LogP contribution in [0.2, 0.25) is 0 Å². The van der Waals surface area contributed by atoms with Crippen molar-refractivity contribution in [2.24, 2.45) is 5.84 Å². The number of nitrogens with zero attached hydrogens (tertiary/aromatic N) is 3. The molecule has 0 saturated carbocycles. The largest absolute Gasteiger partial charge is 0.362 e. The number of anilines is 4. The molecule has 0 aliphatic carbocycles. The van der Waals surface area contributed by atoms with Gasteiger partial charge in [0.15, 0.2) is 5.82 Å². The summed E-state index contributed by atoms with van der Waals surface area (Å²) in [6, 6.07) is 20.0. The predicted molar refractivity (Wildman–Crippen MR) is 103 cm³/mol. The number of hydrogen-bond donors (Lipinski definition) is 3. The quantitative estimate of drug-likeness (QED) is 0.475. The lowest BCUT2D eigenvalue weighted by atomic mass is 10.1. The van der Waals surface area contributed by atoms with Gasteiger partial charge in [-0.05, 0) is 17.7 Å². The van der Waals surface area contributed by atoms with Gasteiger partial charge < -0.3 is 15.6 Å². The summed E-state index contributed by atoms with van der Waals surface area (Å²) in [5.41, 5.74) is 5.77. The highest BCUT2D eigenvalue weighted by atomic mass is 15.3. The highest BCUT2D eigenvalue weighted by molar-refractivity contribution is 5.65. The van der Waals surface area contributed by atoms with Crippen LogP contribution in [0, 0.1) is 0 Å². The van der Waals surface area contributed by atoms with E-state index in [1.54, 1.807) is 0 Å². The third-order valence-electron chi connectivity index (χ3n) is 3.80. The van der Waals surface area contributed by atoms with Crippen molar-refractivity contribution in [3.8, 4) is 0 Å². The third-order valence-corrected chi connectivity index (χ3v) is 3.80. The van der Waals surface area contributed by atoms with E-state index < -0.39 is 0 Å². The molecule has 2 aromatic carbocycles. The molecule has 0 fully saturated rings. The maximum atomic E-state index is 5.75. The van der Waals surface area contributed by atoms with Gasteiger partial charge in [-0.15, -0.1) is 0 Å². The highest BCUT2D eigenvalue weighted by Gasteiger charge is 2.16. The van der Waals surface area contributed by atoms with E-state index in [0.717, 1.165) is 17.1 Å². The zero-order chi connectivity index (χ0) is 17.6. The summed E-state index contributed by atoms with van der Waals surface area (Å²) in [6.07, 6.45) is 0.694. The van der Waals surface area contributed by atoms with E-state index in [1.807, 2.05) is 67.5 Å². The van der Waals surface area contributed by atoms with Gasteiger partial charge in [-0.25, -0.2) is 5.84 Å². The van der Waals surface area contributed by atoms with E-state index in [1.165, 1.54) is 5.56 Å². The van der Waals surface area contributed by atoms with Crippen LogP contribution in [0.4, 0.5) is 23.3 Å². The lowest BCUT2D eigenvalue weighted by Gasteiger charge is -2.20. The molecule has 3 rings (SSSR count). The standard InChI is InChI=1S/C19H22N6/c1-25(2)18-16(13-14-9-5-3-6-10-14)17(24-20)22-19(23-18)21-15-11-7-4-8-12-15/h3-12H,13,20H2,1-2H3,(H2,21,22,23,24). The minimum atomic E-state index is 0.500. The van der Waals surface area contributed by atoms with Crippen molar-refractivity contribution in [3.05, 3.63) is 71.8 Å². The number of hydrogen-bond acceptors (Lipinski definition) is 6. The third kappa shape index (κ3) is 4.05. The van der Waals surface area contributed by atoms with Crippen LogP contribution >= 0.6 is 0 Å². The molecule has 0 aliphatic rings. The van der Waals surface area contributed by atoms with Crippen molar-refractivity contribution in [3.63, 3.8) is 0 Å². The number of nitrogen functional groups attached to an aromatic ring is 1. The van der Waals surface area contributed by atoms with Gasteiger partial charge >= 0.3 is 0 Å². The molecule has 1 aromatic heterocycles. The van der Waals surface area contributed by atoms with Gasteiger partial charge in [0.1, 0.15) is 5.82 Å². The second-order valence-electron chi connectivity index (χ2n) is 5.89. The number of nitrogens with two attached hydrogens (primary N) is 1. The first kappa shape index (κ1) is 16.7. The summed E-state index contributed by atoms with van der Waals surface area (Å²) < 4.78 is 0. The van der Waals surface area contributed by atoms with Crippen LogP contribution in [-0.2, 0) is 6.42 Å². The zero-order valence-electron chi connectivity index (χ0n) is 14.4. The number of nitrogens with one attached hydrogen (secondary N) is 2. The van der Waals surface area contributed by atoms with Crippen molar-refractivity contribution < 1.29 is 0 Å². The topological polar surface area (TPSA) is 79.1 Å². The van der Waals surface area contributed by atoms with Crippen molar-refractivity contribution in [1.29, 1.82) is 0 Å². The van der Waals surface area contributed by atoms with Crippen LogP contribution in [0.15, 0.2) is 60.7 Å². The first-order chi connectivity index (χ1) is 12.2. The lowest BCUT2D eigenvalue weighted by molar-refractivity contribution is 0.988. The van der Waals surface area contributed by atoms with Gasteiger partial charge in [0.25, 0.3) is 0 Å². The molecule has 0 unspecified atom stereocenters. The number of aromatic nitrogens is 2. The Balaban J connectivity index is 1.99. The molecular formula is C19H22N6. The highest BCUT2D eigenvalue weighted by Crippen LogP contribution is 2.28. The van der Waals surface area contributed by atoms with Crippen LogP contribution in [0.25, 0.3) is 0 Å². The van der Waals surface area contributed by atoms with Crippen LogP contribution in [0.5, 0.6) is 0 Å². The van der Waals surface area contributed by atoms with Crippen LogP contribution < -0.4 is 21.5 Å². The molecule has 25 heavy (non-hydrogen) atoms. The Morgan fingerprint density at radius 2 is 1.56 bits per heavy atom. The Bertz CT molecular complexity index is 818. The van der Waals surface area contributed by atoms with Crippen molar-refractivity contribution in [2.45, 2.75) is 6.42 Å². The Kier molecular flexibility index (Phi) is 5.11. The monoisotopic (exact) mass is 334 g/mol. The molecule has 128 valence electrons. The fourth-order valence-electron chi connectivity index (χ4n) is 2.63. The fourth-order valence-corrected chi connectivity index (χ4v) is 2.63. The van der Waals surface area contributed by atoms with E-state index >= 15 is 0 Å². The summed E-state index contributed by atoms with van der Waals surface area (Å²) in [7, 11) is 3.92. The molecule has 1 heterocycles. The maximum absolute atomic E-state index is 5.75. The van der Waals surface area contributed by atoms with Crippen molar-refractivity contribution >= 4 is 23.3 Å². The molecule has 0 amide bonds. The number of para-hydroxylation sites is 1. The smallest absolute Gasteiger partial charge is 0.231 e. The summed E-state index contributed by atoms with van der Waals surface area (Å²) in [5.74, 6) is 7.69. The van der Waals surface area contributed by atoms with Gasteiger partial charge in [0, 0.05) is 31.8 Å². The normalized spacial score (nSPS) is 10.4. The molecule has 6 heteroatoms. The maximum Gasteiger partial charge on any atom is 0.231 e. The Hall–Kier alpha value is -3.12. The van der Waals surface area contributed by atoms with E-state index in [9.17, 15) is 0 Å². The molecule has 0 aliphatic heterocycles. The van der Waals surface area contributed by atoms with E-state index in [0.29, 0.717) is 18.2 Å². The Morgan fingerprint density at radius 1 is 0.920 bits per heavy atom. The zero-order valence-corrected chi connectivity index (χ0v) is 14.4. The molecular weight excluding hydrogens is 312 g/mol. The van der Waals surface area contributed by atoms with E-state index in [4.69, 9.17) is 5.84 Å². The molecule has 0 bridgehead atoms. The van der Waals surface area contributed by atoms with Crippen LogP contribution in [0.1, 0.15) is 11.1 Å². The summed E-state index contributed by atoms with van der Waals surface area (Å²) in [6.45, 7) is 0. The van der Waals surface area contributed by atoms with Gasteiger partial charge in [0.05, 0.1) is 0 Å². The van der Waals surface area contributed by atoms with Gasteiger partial charge in [-0.3, -0.25) is 0 Å². The average Bonchev–Trinajstić information content (AvgIpc) is 2.64. The minimum absolute atomic E-state index is 0.500. The average molecular weight is 334 g/mol. The van der Waals surface area contributed by atoms with Crippen LogP contribution in [0.3, 0.4) is 0 Å². The van der Waals surface area contributed by atoms with Crippen molar-refractivity contribution in [1.82, 2.24) is 9.97 Å². The predicted octanol–water partition coefficient (Wildman–Crippen LogP) is 3.16. The van der Waals surface area contributed by atoms with E-state index in [2.05, 4.69) is 32.8 Å². The van der Waals surface area contributed by atoms with E-state index in [-0.39, 0.29) is 0 Å². The van der Waals surface area contributed by atoms with Crippen molar-refractivity contribution in [2.75, 3.05) is 29.7 Å². The second-order valence-corrected chi connectivity index (χ2v) is 5.89. The number of hydrazine groups is 1. The summed E-state index contributed by atoms with van der Waals surface area (Å²) in [5, 5.41) is 3.22. The molecule has 0 saturated heterocycles. The van der Waals surface area contributed by atoms with Crippen LogP contribution in [-0.4, -0.2) is 24.1 Å². The fraction of sp³-hybridized carbons (Fsp3) is 0.158. The van der Waals surface area contributed by atoms with Gasteiger partial charge in [-0.1, -0.05) is 48.5 Å². The van der Waals surface area contributed by atoms with Gasteiger partial charge in [0.2, 0.25) is 5.95 Å². The SMILES string of the molecule is CN(C)c1nc(Nc2ccccc2)nc(NN)c1Cc1ccccc1. The summed E-state index contributed by atoms with van der Waals surface area (Å²) >= 11 is 0. The molecule has 4 N–H and O–H groups in total. The number of rotatable bonds is 6. The first-order valence-electron chi connectivity index (χ1n) is 8.08. The lowest BCUT2D eigenvalue weighted by Crippen LogP contribution is -2.19. The number of benzene rings is 2. The molecule has 0 spiro atoms. The Labute approximate surface area is 147 Å². The second kappa shape index (κ2) is 7.63. The molecule has 3 aromatic rings. The minimum Gasteiger partial charge on any atom is -0.362 e. The molecule has 0 atom stereocenters. The Morgan fingerprint density at radius 3 is 2.16 bits per heavy atom. The first-order valence-corrected chi connectivity index (χ1v) is 8.08. The molecule has 0 radical (unpaired) electrons. The van der Waals surface area contributed by atoms with Gasteiger partial charge in [-0.2, -0.15) is 9.97 Å².